The van der Waals surface area contributed by atoms with E-state index in [-0.39, 0.29) is 17.8 Å². The second-order valence-corrected chi connectivity index (χ2v) is 9.52. The summed E-state index contributed by atoms with van der Waals surface area (Å²) in [4.78, 5) is 10.7. The number of piperidine rings is 1. The summed E-state index contributed by atoms with van der Waals surface area (Å²) in [6, 6.07) is 21.9. The highest BCUT2D eigenvalue weighted by Gasteiger charge is 2.27. The van der Waals surface area contributed by atoms with Crippen LogP contribution in [0.2, 0.25) is 0 Å². The highest BCUT2D eigenvalue weighted by molar-refractivity contribution is 5.64. The Bertz CT molecular complexity index is 1190. The molecule has 3 aromatic carbocycles. The Labute approximate surface area is 234 Å². The van der Waals surface area contributed by atoms with Gasteiger partial charge < -0.3 is 34.7 Å². The van der Waals surface area contributed by atoms with E-state index < -0.39 is 6.09 Å². The standard InChI is InChI=1S/C31H37FN2O6/c32-25-6-3-7-27(21-25)38-18-4-17-37-26-11-9-23(10-12-26)28-14-15-33-22-30(28)40-20-19-39-29-8-2-1-5-24(29)13-16-34-31(35)36/h1-3,5-12,21,28,30,33-34H,4,13-20,22H2,(H,35,36). The summed E-state index contributed by atoms with van der Waals surface area (Å²) in [5, 5.41) is 14.6. The van der Waals surface area contributed by atoms with Crippen LogP contribution in [-0.2, 0) is 11.2 Å². The highest BCUT2D eigenvalue weighted by atomic mass is 19.1. The van der Waals surface area contributed by atoms with Crippen LogP contribution in [0.3, 0.4) is 0 Å². The van der Waals surface area contributed by atoms with Gasteiger partial charge in [-0.3, -0.25) is 0 Å². The van der Waals surface area contributed by atoms with E-state index in [1.165, 1.54) is 17.7 Å². The quantitative estimate of drug-likeness (QED) is 0.228. The Hall–Kier alpha value is -3.82. The maximum Gasteiger partial charge on any atom is 0.404 e. The van der Waals surface area contributed by atoms with E-state index in [4.69, 9.17) is 24.1 Å². The van der Waals surface area contributed by atoms with Crippen LogP contribution in [0.15, 0.2) is 72.8 Å². The van der Waals surface area contributed by atoms with Crippen molar-refractivity contribution in [2.45, 2.75) is 31.3 Å². The third-order valence-electron chi connectivity index (χ3n) is 6.67. The van der Waals surface area contributed by atoms with E-state index in [0.717, 1.165) is 36.6 Å². The average molecular weight is 553 g/mol. The minimum Gasteiger partial charge on any atom is -0.493 e. The number of para-hydroxylation sites is 1. The van der Waals surface area contributed by atoms with Gasteiger partial charge in [-0.1, -0.05) is 36.4 Å². The zero-order valence-electron chi connectivity index (χ0n) is 22.5. The molecule has 0 saturated carbocycles. The van der Waals surface area contributed by atoms with E-state index in [1.54, 1.807) is 12.1 Å². The monoisotopic (exact) mass is 552 g/mol. The van der Waals surface area contributed by atoms with Gasteiger partial charge in [0.25, 0.3) is 0 Å². The van der Waals surface area contributed by atoms with Crippen molar-refractivity contribution in [1.82, 2.24) is 10.6 Å². The fourth-order valence-corrected chi connectivity index (χ4v) is 4.70. The molecule has 2 unspecified atom stereocenters. The molecule has 0 radical (unpaired) electrons. The molecule has 214 valence electrons. The van der Waals surface area contributed by atoms with Crippen molar-refractivity contribution in [2.75, 3.05) is 46.1 Å². The first-order valence-corrected chi connectivity index (χ1v) is 13.7. The molecular formula is C31H37FN2O6. The van der Waals surface area contributed by atoms with Crippen molar-refractivity contribution in [3.05, 3.63) is 89.7 Å². The van der Waals surface area contributed by atoms with Crippen LogP contribution >= 0.6 is 0 Å². The first kappa shape index (κ1) is 29.2. The number of carbonyl (C=O) groups is 1. The summed E-state index contributed by atoms with van der Waals surface area (Å²) in [6.07, 6.45) is 1.21. The number of carboxylic acid groups (broad SMARTS) is 1. The zero-order valence-corrected chi connectivity index (χ0v) is 22.5. The lowest BCUT2D eigenvalue weighted by atomic mass is 9.88. The third kappa shape index (κ3) is 9.43. The molecule has 8 nitrogen and oxygen atoms in total. The van der Waals surface area contributed by atoms with Crippen molar-refractivity contribution in [2.24, 2.45) is 0 Å². The van der Waals surface area contributed by atoms with Crippen molar-refractivity contribution in [1.29, 1.82) is 0 Å². The van der Waals surface area contributed by atoms with Crippen LogP contribution in [0.25, 0.3) is 0 Å². The summed E-state index contributed by atoms with van der Waals surface area (Å²) >= 11 is 0. The summed E-state index contributed by atoms with van der Waals surface area (Å²) in [5.41, 5.74) is 2.17. The molecule has 1 saturated heterocycles. The largest absolute Gasteiger partial charge is 0.493 e. The van der Waals surface area contributed by atoms with Gasteiger partial charge in [0.2, 0.25) is 0 Å². The number of amides is 1. The molecule has 3 N–H and O–H groups in total. The molecule has 0 bridgehead atoms. The summed E-state index contributed by atoms with van der Waals surface area (Å²) in [7, 11) is 0. The Morgan fingerprint density at radius 2 is 1.73 bits per heavy atom. The van der Waals surface area contributed by atoms with Gasteiger partial charge in [0.15, 0.2) is 0 Å². The number of nitrogens with one attached hydrogen (secondary N) is 2. The van der Waals surface area contributed by atoms with Crippen molar-refractivity contribution in [3.63, 3.8) is 0 Å². The number of halogens is 1. The Morgan fingerprint density at radius 3 is 2.52 bits per heavy atom. The van der Waals surface area contributed by atoms with Crippen LogP contribution in [0.1, 0.15) is 29.9 Å². The predicted octanol–water partition coefficient (Wildman–Crippen LogP) is 5.02. The van der Waals surface area contributed by atoms with Gasteiger partial charge >= 0.3 is 6.09 Å². The fourth-order valence-electron chi connectivity index (χ4n) is 4.70. The van der Waals surface area contributed by atoms with Crippen LogP contribution < -0.4 is 24.8 Å². The number of benzene rings is 3. The molecule has 1 aliphatic heterocycles. The number of ether oxygens (including phenoxy) is 4. The van der Waals surface area contributed by atoms with Gasteiger partial charge in [0, 0.05) is 31.5 Å². The maximum atomic E-state index is 13.2. The number of hydrogen-bond acceptors (Lipinski definition) is 6. The number of rotatable bonds is 15. The van der Waals surface area contributed by atoms with Gasteiger partial charge in [-0.15, -0.1) is 0 Å². The first-order valence-electron chi connectivity index (χ1n) is 13.7. The topological polar surface area (TPSA) is 98.3 Å². The van der Waals surface area contributed by atoms with Crippen molar-refractivity contribution < 1.29 is 33.2 Å². The van der Waals surface area contributed by atoms with E-state index in [9.17, 15) is 9.18 Å². The lowest BCUT2D eigenvalue weighted by Gasteiger charge is -2.32. The molecule has 1 aliphatic rings. The maximum absolute atomic E-state index is 13.2. The molecule has 40 heavy (non-hydrogen) atoms. The smallest absolute Gasteiger partial charge is 0.404 e. The summed E-state index contributed by atoms with van der Waals surface area (Å²) in [6.45, 7) is 3.84. The molecule has 4 rings (SSSR count). The predicted molar refractivity (Wildman–Crippen MR) is 150 cm³/mol. The molecule has 0 aliphatic carbocycles. The molecular weight excluding hydrogens is 515 g/mol. The first-order chi connectivity index (χ1) is 19.6. The molecule has 1 heterocycles. The molecule has 1 fully saturated rings. The molecule has 9 heteroatoms. The molecule has 0 spiro atoms. The number of hydrogen-bond donors (Lipinski definition) is 3. The fraction of sp³-hybridized carbons (Fsp3) is 0.387. The van der Waals surface area contributed by atoms with E-state index in [1.807, 2.05) is 36.4 Å². The van der Waals surface area contributed by atoms with E-state index >= 15 is 0 Å². The van der Waals surface area contributed by atoms with Crippen LogP contribution in [0.5, 0.6) is 17.2 Å². The van der Waals surface area contributed by atoms with Gasteiger partial charge in [-0.05, 0) is 60.8 Å². The van der Waals surface area contributed by atoms with Gasteiger partial charge in [-0.25, -0.2) is 9.18 Å². The Balaban J connectivity index is 1.19. The van der Waals surface area contributed by atoms with Gasteiger partial charge in [0.05, 0.1) is 25.9 Å². The molecule has 2 atom stereocenters. The summed E-state index contributed by atoms with van der Waals surface area (Å²) in [5.74, 6) is 2.02. The average Bonchev–Trinajstić information content (AvgIpc) is 2.96. The molecule has 0 aromatic heterocycles. The van der Waals surface area contributed by atoms with Crippen LogP contribution in [-0.4, -0.2) is 63.4 Å². The van der Waals surface area contributed by atoms with E-state index in [2.05, 4.69) is 22.8 Å². The highest BCUT2D eigenvalue weighted by Crippen LogP contribution is 2.29. The second kappa shape index (κ2) is 15.7. The Kier molecular flexibility index (Phi) is 11.4. The van der Waals surface area contributed by atoms with Crippen LogP contribution in [0.4, 0.5) is 9.18 Å². The van der Waals surface area contributed by atoms with Crippen molar-refractivity contribution in [3.8, 4) is 17.2 Å². The van der Waals surface area contributed by atoms with E-state index in [0.29, 0.717) is 51.6 Å². The lowest BCUT2D eigenvalue weighted by Crippen LogP contribution is -2.41. The lowest BCUT2D eigenvalue weighted by molar-refractivity contribution is 0.00721. The van der Waals surface area contributed by atoms with Gasteiger partial charge in [-0.2, -0.15) is 0 Å². The molecule has 3 aromatic rings. The third-order valence-corrected chi connectivity index (χ3v) is 6.67. The van der Waals surface area contributed by atoms with Gasteiger partial charge in [0.1, 0.15) is 29.7 Å². The second-order valence-electron chi connectivity index (χ2n) is 9.52. The minimum absolute atomic E-state index is 0.0269. The SMILES string of the molecule is O=C(O)NCCc1ccccc1OCCOC1CNCCC1c1ccc(OCCCOc2cccc(F)c2)cc1. The normalized spacial score (nSPS) is 16.7. The zero-order chi connectivity index (χ0) is 28.0. The summed E-state index contributed by atoms with van der Waals surface area (Å²) < 4.78 is 36.9. The minimum atomic E-state index is -1.03. The molecule has 1 amide bonds. The van der Waals surface area contributed by atoms with Crippen LogP contribution in [0, 0.1) is 5.82 Å². The van der Waals surface area contributed by atoms with Crippen molar-refractivity contribution >= 4 is 6.09 Å². The Morgan fingerprint density at radius 1 is 0.925 bits per heavy atom.